The van der Waals surface area contributed by atoms with Crippen LogP contribution in [0.3, 0.4) is 0 Å². The molecule has 6 unspecified atom stereocenters. The molecule has 0 aromatic carbocycles. The average molecular weight is 376 g/mol. The monoisotopic (exact) mass is 376 g/mol. The average Bonchev–Trinajstić information content (AvgIpc) is 3.22. The number of hydrogen-bond acceptors (Lipinski definition) is 5. The fourth-order valence-corrected chi connectivity index (χ4v) is 4.83. The van der Waals surface area contributed by atoms with Crippen molar-refractivity contribution in [3.63, 3.8) is 0 Å². The molecule has 0 aromatic heterocycles. The van der Waals surface area contributed by atoms with Crippen LogP contribution in [-0.2, 0) is 19.1 Å². The lowest BCUT2D eigenvalue weighted by molar-refractivity contribution is -0.145. The maximum Gasteiger partial charge on any atom is 0.302 e. The van der Waals surface area contributed by atoms with E-state index in [2.05, 4.69) is 13.5 Å². The molecule has 5 heteroatoms. The number of carbonyl (C=O) groups is 2. The van der Waals surface area contributed by atoms with E-state index in [1.54, 1.807) is 0 Å². The van der Waals surface area contributed by atoms with Crippen LogP contribution in [0, 0.1) is 17.3 Å². The zero-order chi connectivity index (χ0) is 20.0. The first-order valence-electron chi connectivity index (χ1n) is 9.92. The molecule has 0 radical (unpaired) electrons. The molecule has 1 heterocycles. The molecular weight excluding hydrogens is 344 g/mol. The van der Waals surface area contributed by atoms with E-state index in [-0.39, 0.29) is 23.9 Å². The summed E-state index contributed by atoms with van der Waals surface area (Å²) >= 11 is 0. The number of aliphatic hydroxyl groups is 1. The van der Waals surface area contributed by atoms with Gasteiger partial charge in [0.25, 0.3) is 0 Å². The molecule has 1 saturated heterocycles. The van der Waals surface area contributed by atoms with Crippen molar-refractivity contribution in [3.05, 3.63) is 24.3 Å². The van der Waals surface area contributed by atoms with E-state index in [1.807, 2.05) is 6.92 Å². The molecule has 6 atom stereocenters. The maximum atomic E-state index is 13.0. The van der Waals surface area contributed by atoms with Crippen molar-refractivity contribution in [1.82, 2.24) is 0 Å². The van der Waals surface area contributed by atoms with Gasteiger partial charge >= 0.3 is 5.97 Å². The molecule has 3 fully saturated rings. The molecule has 1 aliphatic heterocycles. The lowest BCUT2D eigenvalue weighted by atomic mass is 9.49. The van der Waals surface area contributed by atoms with E-state index < -0.39 is 17.0 Å². The van der Waals surface area contributed by atoms with Gasteiger partial charge in [-0.2, -0.15) is 0 Å². The van der Waals surface area contributed by atoms with Gasteiger partial charge in [0.05, 0.1) is 11.7 Å². The highest BCUT2D eigenvalue weighted by Gasteiger charge is 2.58. The smallest absolute Gasteiger partial charge is 0.302 e. The van der Waals surface area contributed by atoms with Gasteiger partial charge in [0.2, 0.25) is 0 Å². The van der Waals surface area contributed by atoms with Crippen molar-refractivity contribution < 1.29 is 24.2 Å². The van der Waals surface area contributed by atoms with E-state index in [0.29, 0.717) is 12.0 Å². The number of carbonyl (C=O) groups excluding carboxylic acids is 2. The van der Waals surface area contributed by atoms with E-state index in [0.717, 1.165) is 32.1 Å². The first-order valence-corrected chi connectivity index (χ1v) is 9.92. The molecule has 150 valence electrons. The van der Waals surface area contributed by atoms with Gasteiger partial charge in [0, 0.05) is 12.3 Å². The molecule has 2 saturated carbocycles. The second-order valence-corrected chi connectivity index (χ2v) is 9.32. The highest BCUT2D eigenvalue weighted by molar-refractivity contribution is 5.96. The van der Waals surface area contributed by atoms with Crippen LogP contribution in [0.1, 0.15) is 59.8 Å². The second-order valence-electron chi connectivity index (χ2n) is 9.32. The number of ether oxygens (including phenoxy) is 2. The summed E-state index contributed by atoms with van der Waals surface area (Å²) in [6.07, 6.45) is 7.99. The normalized spacial score (nSPS) is 40.5. The number of ketones is 1. The molecule has 0 amide bonds. The van der Waals surface area contributed by atoms with Crippen molar-refractivity contribution in [2.45, 2.75) is 77.1 Å². The Hall–Kier alpha value is -1.46. The van der Waals surface area contributed by atoms with Gasteiger partial charge in [-0.1, -0.05) is 19.1 Å². The van der Waals surface area contributed by atoms with Crippen LogP contribution >= 0.6 is 0 Å². The van der Waals surface area contributed by atoms with Crippen LogP contribution in [0.2, 0.25) is 0 Å². The number of fused-ring (bicyclic) bond motifs is 2. The van der Waals surface area contributed by atoms with Gasteiger partial charge in [-0.15, -0.1) is 0 Å². The highest BCUT2D eigenvalue weighted by Crippen LogP contribution is 2.60. The van der Waals surface area contributed by atoms with Gasteiger partial charge in [0.1, 0.15) is 12.2 Å². The Bertz CT molecular complexity index is 678. The van der Waals surface area contributed by atoms with Gasteiger partial charge < -0.3 is 14.6 Å². The molecule has 2 aliphatic carbocycles. The zero-order valence-corrected chi connectivity index (χ0v) is 16.9. The number of esters is 1. The van der Waals surface area contributed by atoms with E-state index in [1.165, 1.54) is 31.6 Å². The summed E-state index contributed by atoms with van der Waals surface area (Å²) in [5.41, 5.74) is -0.577. The summed E-state index contributed by atoms with van der Waals surface area (Å²) in [5.74, 6) is 0.231. The molecule has 1 N–H and O–H groups in total. The van der Waals surface area contributed by atoms with Crippen LogP contribution in [0.4, 0.5) is 0 Å². The van der Waals surface area contributed by atoms with E-state index in [9.17, 15) is 14.7 Å². The molecule has 3 aliphatic rings. The SMILES string of the molecule is C=C1CCC2OC2(C)CCC2C1CC2(C)C(=O)C=CC(C)(O)COC(C)=O. The summed E-state index contributed by atoms with van der Waals surface area (Å²) in [6, 6.07) is 0. The maximum absolute atomic E-state index is 13.0. The van der Waals surface area contributed by atoms with Crippen molar-refractivity contribution in [2.24, 2.45) is 17.3 Å². The van der Waals surface area contributed by atoms with Crippen LogP contribution in [-0.4, -0.2) is 40.8 Å². The summed E-state index contributed by atoms with van der Waals surface area (Å²) in [5, 5.41) is 10.3. The summed E-state index contributed by atoms with van der Waals surface area (Å²) in [6.45, 7) is 11.1. The minimum atomic E-state index is -1.36. The fraction of sp³-hybridized carbons (Fsp3) is 0.727. The fourth-order valence-electron chi connectivity index (χ4n) is 4.83. The first kappa shape index (κ1) is 20.3. The molecule has 3 rings (SSSR count). The minimum Gasteiger partial charge on any atom is -0.462 e. The summed E-state index contributed by atoms with van der Waals surface area (Å²) in [7, 11) is 0. The molecule has 5 nitrogen and oxygen atoms in total. The topological polar surface area (TPSA) is 76.1 Å². The Morgan fingerprint density at radius 1 is 1.41 bits per heavy atom. The largest absolute Gasteiger partial charge is 0.462 e. The van der Waals surface area contributed by atoms with E-state index in [4.69, 9.17) is 9.47 Å². The quantitative estimate of drug-likeness (QED) is 0.345. The standard InChI is InChI=1S/C22H32O5/c1-14-6-7-19-22(5,27-19)11-8-17-16(14)12-21(17,4)18(24)9-10-20(3,25)13-26-15(2)23/h9-10,16-17,19,25H,1,6-8,11-13H2,2-5H3. The number of hydrogen-bond donors (Lipinski definition) is 1. The molecular formula is C22H32O5. The third-order valence-corrected chi connectivity index (χ3v) is 6.91. The highest BCUT2D eigenvalue weighted by atomic mass is 16.6. The van der Waals surface area contributed by atoms with E-state index >= 15 is 0 Å². The van der Waals surface area contributed by atoms with Crippen molar-refractivity contribution in [2.75, 3.05) is 6.61 Å². The Balaban J connectivity index is 1.68. The Morgan fingerprint density at radius 3 is 2.78 bits per heavy atom. The third kappa shape index (κ3) is 4.04. The molecule has 0 aromatic rings. The van der Waals surface area contributed by atoms with Gasteiger partial charge in [-0.3, -0.25) is 9.59 Å². The van der Waals surface area contributed by atoms with Crippen LogP contribution in [0.25, 0.3) is 0 Å². The number of epoxide rings is 1. The summed E-state index contributed by atoms with van der Waals surface area (Å²) in [4.78, 5) is 23.9. The molecule has 0 spiro atoms. The Morgan fingerprint density at radius 2 is 2.11 bits per heavy atom. The molecule has 27 heavy (non-hydrogen) atoms. The van der Waals surface area contributed by atoms with Crippen molar-refractivity contribution in [1.29, 1.82) is 0 Å². The predicted molar refractivity (Wildman–Crippen MR) is 102 cm³/mol. The predicted octanol–water partition coefficient (Wildman–Crippen LogP) is 3.36. The lowest BCUT2D eigenvalue weighted by Gasteiger charge is -2.53. The Labute approximate surface area is 161 Å². The summed E-state index contributed by atoms with van der Waals surface area (Å²) < 4.78 is 10.7. The van der Waals surface area contributed by atoms with Crippen LogP contribution in [0.15, 0.2) is 24.3 Å². The Kier molecular flexibility index (Phi) is 5.15. The van der Waals surface area contributed by atoms with Crippen LogP contribution < -0.4 is 0 Å². The van der Waals surface area contributed by atoms with Crippen molar-refractivity contribution >= 4 is 11.8 Å². The minimum absolute atomic E-state index is 0.0253. The van der Waals surface area contributed by atoms with Gasteiger partial charge in [-0.25, -0.2) is 0 Å². The first-order chi connectivity index (χ1) is 12.5. The second kappa shape index (κ2) is 6.85. The number of rotatable bonds is 5. The van der Waals surface area contributed by atoms with Gasteiger partial charge in [0.15, 0.2) is 5.78 Å². The molecule has 0 bridgehead atoms. The third-order valence-electron chi connectivity index (χ3n) is 6.91. The van der Waals surface area contributed by atoms with Crippen LogP contribution in [0.5, 0.6) is 0 Å². The van der Waals surface area contributed by atoms with Crippen molar-refractivity contribution in [3.8, 4) is 0 Å². The lowest BCUT2D eigenvalue weighted by Crippen LogP contribution is -2.51. The number of allylic oxidation sites excluding steroid dienone is 2. The zero-order valence-electron chi connectivity index (χ0n) is 16.9. The van der Waals surface area contributed by atoms with Gasteiger partial charge in [-0.05, 0) is 69.9 Å².